The van der Waals surface area contributed by atoms with E-state index in [2.05, 4.69) is 9.92 Å². The first-order chi connectivity index (χ1) is 11.0. The molecule has 1 fully saturated rings. The highest BCUT2D eigenvalue weighted by atomic mass is 31.0. The minimum Gasteiger partial charge on any atom is -0.428 e. The third-order valence-electron chi connectivity index (χ3n) is 2.78. The standard InChI is InChI=1S/C13H13N2O7P/c16-10-5-6-11(17)15(10)22-13(19)20-7-8-1-3-9(4-2-8)21-12(18)14-23/h1-4H,5-7,23H2,(H,14,18). The molecule has 0 saturated carbocycles. The average molecular weight is 340 g/mol. The van der Waals surface area contributed by atoms with Crippen LogP contribution in [-0.2, 0) is 25.8 Å². The summed E-state index contributed by atoms with van der Waals surface area (Å²) in [5.41, 5.74) is 0.597. The molecule has 1 aliphatic rings. The van der Waals surface area contributed by atoms with Crippen LogP contribution in [0.15, 0.2) is 24.3 Å². The van der Waals surface area contributed by atoms with Gasteiger partial charge in [0.1, 0.15) is 12.4 Å². The average Bonchev–Trinajstić information content (AvgIpc) is 2.86. The maximum Gasteiger partial charge on any atom is 0.534 e. The van der Waals surface area contributed by atoms with Gasteiger partial charge in [-0.2, -0.15) is 0 Å². The molecule has 122 valence electrons. The van der Waals surface area contributed by atoms with Crippen molar-refractivity contribution in [3.05, 3.63) is 29.8 Å². The molecule has 1 N–H and O–H groups in total. The molecule has 23 heavy (non-hydrogen) atoms. The van der Waals surface area contributed by atoms with Gasteiger partial charge in [-0.1, -0.05) is 17.2 Å². The van der Waals surface area contributed by atoms with Crippen LogP contribution < -0.4 is 9.82 Å². The van der Waals surface area contributed by atoms with Crippen LogP contribution in [0, 0.1) is 0 Å². The molecule has 0 aliphatic carbocycles. The zero-order valence-corrected chi connectivity index (χ0v) is 13.0. The van der Waals surface area contributed by atoms with Gasteiger partial charge in [0.15, 0.2) is 0 Å². The minimum absolute atomic E-state index is 0.0113. The lowest BCUT2D eigenvalue weighted by Gasteiger charge is -2.12. The van der Waals surface area contributed by atoms with Gasteiger partial charge in [0.2, 0.25) is 0 Å². The first-order valence-electron chi connectivity index (χ1n) is 6.47. The number of nitrogens with zero attached hydrogens (tertiary/aromatic N) is 1. The van der Waals surface area contributed by atoms with Gasteiger partial charge in [-0.05, 0) is 27.1 Å². The smallest absolute Gasteiger partial charge is 0.428 e. The molecule has 0 aromatic heterocycles. The van der Waals surface area contributed by atoms with Crippen molar-refractivity contribution in [2.45, 2.75) is 19.4 Å². The number of hydroxylamine groups is 2. The molecule has 1 aliphatic heterocycles. The molecule has 1 unspecified atom stereocenters. The van der Waals surface area contributed by atoms with Gasteiger partial charge in [0.25, 0.3) is 11.8 Å². The lowest BCUT2D eigenvalue weighted by Crippen LogP contribution is -2.32. The Bertz CT molecular complexity index is 616. The normalized spacial score (nSPS) is 13.7. The number of rotatable bonds is 4. The van der Waals surface area contributed by atoms with Crippen LogP contribution in [0.1, 0.15) is 18.4 Å². The van der Waals surface area contributed by atoms with E-state index in [4.69, 9.17) is 9.47 Å². The molecule has 3 amide bonds. The number of amides is 3. The van der Waals surface area contributed by atoms with Crippen molar-refractivity contribution in [1.29, 1.82) is 0 Å². The van der Waals surface area contributed by atoms with Crippen molar-refractivity contribution >= 4 is 33.5 Å². The van der Waals surface area contributed by atoms with E-state index in [0.29, 0.717) is 16.4 Å². The predicted octanol–water partition coefficient (Wildman–Crippen LogP) is 1.28. The van der Waals surface area contributed by atoms with E-state index in [0.717, 1.165) is 0 Å². The fourth-order valence-corrected chi connectivity index (χ4v) is 1.75. The number of carbonyl (C=O) groups excluding carboxylic acids is 4. The van der Waals surface area contributed by atoms with Crippen molar-refractivity contribution in [2.24, 2.45) is 0 Å². The number of hydrogen-bond donors (Lipinski definition) is 1. The van der Waals surface area contributed by atoms with Crippen LogP contribution in [0.4, 0.5) is 9.59 Å². The summed E-state index contributed by atoms with van der Waals surface area (Å²) in [6.45, 7) is -0.134. The number of nitrogens with one attached hydrogen (secondary N) is 1. The summed E-state index contributed by atoms with van der Waals surface area (Å²) < 4.78 is 9.67. The maximum atomic E-state index is 11.4. The number of ether oxygens (including phenoxy) is 2. The monoisotopic (exact) mass is 340 g/mol. The second-order valence-electron chi connectivity index (χ2n) is 4.39. The number of hydrogen-bond acceptors (Lipinski definition) is 7. The van der Waals surface area contributed by atoms with Crippen LogP contribution >= 0.6 is 9.39 Å². The number of carbonyl (C=O) groups is 4. The Morgan fingerprint density at radius 1 is 1.13 bits per heavy atom. The number of benzene rings is 1. The first kappa shape index (κ1) is 16.7. The van der Waals surface area contributed by atoms with Gasteiger partial charge in [0, 0.05) is 12.8 Å². The predicted molar refractivity (Wildman–Crippen MR) is 77.7 cm³/mol. The second-order valence-corrected chi connectivity index (χ2v) is 4.68. The molecule has 1 aromatic rings. The Morgan fingerprint density at radius 2 is 1.74 bits per heavy atom. The van der Waals surface area contributed by atoms with Crippen LogP contribution in [-0.4, -0.2) is 29.1 Å². The van der Waals surface area contributed by atoms with Crippen LogP contribution in [0.2, 0.25) is 0 Å². The summed E-state index contributed by atoms with van der Waals surface area (Å²) in [5.74, 6) is -0.855. The van der Waals surface area contributed by atoms with Crippen LogP contribution in [0.3, 0.4) is 0 Å². The fraction of sp³-hybridized carbons (Fsp3) is 0.231. The largest absolute Gasteiger partial charge is 0.534 e. The Morgan fingerprint density at radius 3 is 2.30 bits per heavy atom. The van der Waals surface area contributed by atoms with Gasteiger partial charge in [-0.15, -0.1) is 0 Å². The van der Waals surface area contributed by atoms with Crippen molar-refractivity contribution in [3.8, 4) is 5.75 Å². The summed E-state index contributed by atoms with van der Waals surface area (Å²) in [6.07, 6.45) is -1.77. The number of imide groups is 1. The molecule has 0 spiro atoms. The van der Waals surface area contributed by atoms with E-state index in [-0.39, 0.29) is 19.4 Å². The summed E-state index contributed by atoms with van der Waals surface area (Å²) in [5, 5.41) is 2.62. The van der Waals surface area contributed by atoms with Crippen molar-refractivity contribution < 1.29 is 33.5 Å². The van der Waals surface area contributed by atoms with Crippen LogP contribution in [0.5, 0.6) is 5.75 Å². The summed E-state index contributed by atoms with van der Waals surface area (Å²) >= 11 is 0. The van der Waals surface area contributed by atoms with Crippen molar-refractivity contribution in [3.63, 3.8) is 0 Å². The molecular weight excluding hydrogens is 327 g/mol. The van der Waals surface area contributed by atoms with E-state index in [1.54, 1.807) is 12.1 Å². The topological polar surface area (TPSA) is 111 Å². The van der Waals surface area contributed by atoms with Gasteiger partial charge in [-0.3, -0.25) is 14.4 Å². The summed E-state index contributed by atoms with van der Waals surface area (Å²) in [7, 11) is 2.01. The maximum absolute atomic E-state index is 11.4. The fourth-order valence-electron chi connectivity index (χ4n) is 1.69. The molecule has 1 atom stereocenters. The van der Waals surface area contributed by atoms with E-state index < -0.39 is 24.1 Å². The van der Waals surface area contributed by atoms with Gasteiger partial charge in [0.05, 0.1) is 0 Å². The van der Waals surface area contributed by atoms with E-state index in [9.17, 15) is 19.2 Å². The first-order valence-corrected chi connectivity index (χ1v) is 7.05. The molecule has 9 nitrogen and oxygen atoms in total. The lowest BCUT2D eigenvalue weighted by molar-refractivity contribution is -0.177. The van der Waals surface area contributed by atoms with E-state index >= 15 is 0 Å². The highest BCUT2D eigenvalue weighted by Crippen LogP contribution is 2.15. The Hall–Kier alpha value is -2.67. The summed E-state index contributed by atoms with van der Waals surface area (Å²) in [4.78, 5) is 49.5. The van der Waals surface area contributed by atoms with Crippen LogP contribution in [0.25, 0.3) is 0 Å². The Labute approximate surface area is 133 Å². The third-order valence-corrected chi connectivity index (χ3v) is 3.02. The zero-order chi connectivity index (χ0) is 16.8. The van der Waals surface area contributed by atoms with Crippen molar-refractivity contribution in [2.75, 3.05) is 0 Å². The Balaban J connectivity index is 1.81. The van der Waals surface area contributed by atoms with Crippen molar-refractivity contribution in [1.82, 2.24) is 10.2 Å². The highest BCUT2D eigenvalue weighted by molar-refractivity contribution is 7.15. The second kappa shape index (κ2) is 7.55. The third kappa shape index (κ3) is 4.65. The quantitative estimate of drug-likeness (QED) is 0.499. The SMILES string of the molecule is O=C(NP)Oc1ccc(COC(=O)ON2C(=O)CCC2=O)cc1. The van der Waals surface area contributed by atoms with E-state index in [1.165, 1.54) is 12.1 Å². The molecule has 0 bridgehead atoms. The van der Waals surface area contributed by atoms with Gasteiger partial charge >= 0.3 is 12.2 Å². The Kier molecular flexibility index (Phi) is 5.48. The van der Waals surface area contributed by atoms with E-state index in [1.807, 2.05) is 9.39 Å². The highest BCUT2D eigenvalue weighted by Gasteiger charge is 2.33. The molecule has 10 heteroatoms. The lowest BCUT2D eigenvalue weighted by atomic mass is 10.2. The van der Waals surface area contributed by atoms with Gasteiger partial charge < -0.3 is 14.6 Å². The molecule has 1 heterocycles. The molecular formula is C13H13N2O7P. The molecule has 2 rings (SSSR count). The molecule has 1 aromatic carbocycles. The minimum atomic E-state index is -1.16. The molecule has 0 radical (unpaired) electrons. The molecule has 1 saturated heterocycles. The van der Waals surface area contributed by atoms with Gasteiger partial charge in [-0.25, -0.2) is 9.59 Å². The summed E-state index contributed by atoms with van der Waals surface area (Å²) in [6, 6.07) is 6.17. The zero-order valence-electron chi connectivity index (χ0n) is 11.8.